The fourth-order valence-corrected chi connectivity index (χ4v) is 2.45. The van der Waals surface area contributed by atoms with Gasteiger partial charge in [-0.3, -0.25) is 0 Å². The van der Waals surface area contributed by atoms with E-state index >= 15 is 0 Å². The van der Waals surface area contributed by atoms with E-state index in [1.807, 2.05) is 28.9 Å². The molecule has 0 saturated carbocycles. The molecule has 4 aromatic heterocycles. The highest BCUT2D eigenvalue weighted by Gasteiger charge is 2.16. The number of nitrogens with two attached hydrogens (primary N) is 1. The maximum atomic E-state index is 6.01. The second kappa shape index (κ2) is 4.27. The van der Waals surface area contributed by atoms with E-state index in [4.69, 9.17) is 5.73 Å². The Morgan fingerprint density at radius 2 is 2.10 bits per heavy atom. The van der Waals surface area contributed by atoms with E-state index in [-0.39, 0.29) is 0 Å². The number of anilines is 1. The standard InChI is InChI=1S/C14H12N7/c1-2-21-14-11(13(15)17-8-18-14)12(19-21)9-3-4-10-16-5-6-20(10)7-9/h3-8H,1-2H2,(H2,15,17,18). The van der Waals surface area contributed by atoms with E-state index in [1.165, 1.54) is 6.33 Å². The number of rotatable bonds is 2. The minimum absolute atomic E-state index is 0.417. The number of imidazole rings is 1. The number of hydrogen-bond donors (Lipinski definition) is 1. The van der Waals surface area contributed by atoms with Gasteiger partial charge in [0, 0.05) is 30.7 Å². The largest absolute Gasteiger partial charge is 0.383 e. The summed E-state index contributed by atoms with van der Waals surface area (Å²) in [5.41, 5.74) is 9.26. The fourth-order valence-electron chi connectivity index (χ4n) is 2.45. The average molecular weight is 278 g/mol. The number of pyridine rings is 1. The van der Waals surface area contributed by atoms with Gasteiger partial charge in [0.2, 0.25) is 0 Å². The van der Waals surface area contributed by atoms with Crippen LogP contribution in [-0.2, 0) is 6.54 Å². The quantitative estimate of drug-likeness (QED) is 0.601. The van der Waals surface area contributed by atoms with Crippen molar-refractivity contribution in [1.82, 2.24) is 29.1 Å². The summed E-state index contributed by atoms with van der Waals surface area (Å²) < 4.78 is 3.66. The van der Waals surface area contributed by atoms with Gasteiger partial charge in [0.25, 0.3) is 0 Å². The highest BCUT2D eigenvalue weighted by molar-refractivity contribution is 5.98. The summed E-state index contributed by atoms with van der Waals surface area (Å²) in [6.45, 7) is 4.34. The number of fused-ring (bicyclic) bond motifs is 2. The lowest BCUT2D eigenvalue weighted by atomic mass is 10.1. The van der Waals surface area contributed by atoms with Crippen LogP contribution in [0.3, 0.4) is 0 Å². The highest BCUT2D eigenvalue weighted by Crippen LogP contribution is 2.29. The molecule has 0 aliphatic heterocycles. The number of aromatic nitrogens is 6. The predicted octanol–water partition coefficient (Wildman–Crippen LogP) is 1.56. The lowest BCUT2D eigenvalue weighted by Gasteiger charge is -2.00. The van der Waals surface area contributed by atoms with Gasteiger partial charge in [-0.2, -0.15) is 5.10 Å². The van der Waals surface area contributed by atoms with E-state index in [1.54, 1.807) is 10.9 Å². The van der Waals surface area contributed by atoms with Crippen LogP contribution in [0.15, 0.2) is 37.1 Å². The Hall–Kier alpha value is -2.96. The third kappa shape index (κ3) is 1.67. The van der Waals surface area contributed by atoms with Crippen molar-refractivity contribution in [2.75, 3.05) is 5.73 Å². The summed E-state index contributed by atoms with van der Waals surface area (Å²) in [6.07, 6.45) is 7.04. The minimum Gasteiger partial charge on any atom is -0.383 e. The summed E-state index contributed by atoms with van der Waals surface area (Å²) in [6, 6.07) is 3.90. The first-order chi connectivity index (χ1) is 10.3. The smallest absolute Gasteiger partial charge is 0.163 e. The zero-order valence-corrected chi connectivity index (χ0v) is 11.1. The molecule has 7 heteroatoms. The average Bonchev–Trinajstić information content (AvgIpc) is 3.11. The normalized spacial score (nSPS) is 11.5. The van der Waals surface area contributed by atoms with Crippen molar-refractivity contribution < 1.29 is 0 Å². The van der Waals surface area contributed by atoms with E-state index in [0.717, 1.165) is 22.3 Å². The third-order valence-corrected chi connectivity index (χ3v) is 3.43. The zero-order chi connectivity index (χ0) is 14.4. The second-order valence-corrected chi connectivity index (χ2v) is 4.64. The van der Waals surface area contributed by atoms with Crippen molar-refractivity contribution in [3.8, 4) is 11.3 Å². The lowest BCUT2D eigenvalue weighted by molar-refractivity contribution is 0.719. The monoisotopic (exact) mass is 278 g/mol. The number of nitrogens with zero attached hydrogens (tertiary/aromatic N) is 6. The molecule has 0 unspecified atom stereocenters. The van der Waals surface area contributed by atoms with Crippen LogP contribution in [0, 0.1) is 6.92 Å². The Bertz CT molecular complexity index is 950. The van der Waals surface area contributed by atoms with Crippen molar-refractivity contribution in [3.05, 3.63) is 44.0 Å². The van der Waals surface area contributed by atoms with Crippen LogP contribution in [0.2, 0.25) is 0 Å². The van der Waals surface area contributed by atoms with Gasteiger partial charge in [-0.15, -0.1) is 0 Å². The van der Waals surface area contributed by atoms with Crippen LogP contribution >= 0.6 is 0 Å². The summed E-state index contributed by atoms with van der Waals surface area (Å²) in [7, 11) is 0. The predicted molar refractivity (Wildman–Crippen MR) is 79.3 cm³/mol. The molecule has 0 saturated heterocycles. The van der Waals surface area contributed by atoms with Gasteiger partial charge in [-0.25, -0.2) is 19.6 Å². The Morgan fingerprint density at radius 3 is 2.95 bits per heavy atom. The molecule has 1 radical (unpaired) electrons. The SMILES string of the molecule is [CH2]Cn1nc(-c2ccc3nccn3c2)c2c(N)ncnc21. The first-order valence-corrected chi connectivity index (χ1v) is 6.47. The molecule has 0 fully saturated rings. The van der Waals surface area contributed by atoms with Crippen molar-refractivity contribution in [2.45, 2.75) is 6.54 Å². The van der Waals surface area contributed by atoms with Crippen LogP contribution in [-0.4, -0.2) is 29.1 Å². The van der Waals surface area contributed by atoms with Gasteiger partial charge in [0.1, 0.15) is 23.5 Å². The summed E-state index contributed by atoms with van der Waals surface area (Å²) in [5.74, 6) is 0.417. The van der Waals surface area contributed by atoms with E-state index in [0.29, 0.717) is 18.0 Å². The van der Waals surface area contributed by atoms with E-state index in [9.17, 15) is 0 Å². The van der Waals surface area contributed by atoms with Crippen molar-refractivity contribution in [1.29, 1.82) is 0 Å². The minimum atomic E-state index is 0.417. The molecule has 21 heavy (non-hydrogen) atoms. The van der Waals surface area contributed by atoms with Gasteiger partial charge in [0.15, 0.2) is 5.65 Å². The van der Waals surface area contributed by atoms with Gasteiger partial charge in [-0.05, 0) is 19.1 Å². The van der Waals surface area contributed by atoms with Crippen LogP contribution in [0.1, 0.15) is 0 Å². The van der Waals surface area contributed by atoms with Gasteiger partial charge in [0.05, 0.1) is 5.39 Å². The molecule has 0 aromatic carbocycles. The van der Waals surface area contributed by atoms with E-state index in [2.05, 4.69) is 27.0 Å². The van der Waals surface area contributed by atoms with Gasteiger partial charge in [-0.1, -0.05) is 0 Å². The van der Waals surface area contributed by atoms with Crippen molar-refractivity contribution in [2.24, 2.45) is 0 Å². The molecule has 0 aliphatic rings. The molecule has 2 N–H and O–H groups in total. The fraction of sp³-hybridized carbons (Fsp3) is 0.0714. The van der Waals surface area contributed by atoms with Crippen LogP contribution in [0.4, 0.5) is 5.82 Å². The van der Waals surface area contributed by atoms with E-state index < -0.39 is 0 Å². The summed E-state index contributed by atoms with van der Waals surface area (Å²) >= 11 is 0. The molecule has 0 spiro atoms. The maximum Gasteiger partial charge on any atom is 0.163 e. The zero-order valence-electron chi connectivity index (χ0n) is 11.1. The van der Waals surface area contributed by atoms with Crippen molar-refractivity contribution >= 4 is 22.5 Å². The Balaban J connectivity index is 2.05. The molecule has 0 aliphatic carbocycles. The lowest BCUT2D eigenvalue weighted by Crippen LogP contribution is -1.98. The highest BCUT2D eigenvalue weighted by atomic mass is 15.3. The summed E-state index contributed by atoms with van der Waals surface area (Å²) in [4.78, 5) is 12.6. The topological polar surface area (TPSA) is 86.9 Å². The maximum absolute atomic E-state index is 6.01. The number of nitrogen functional groups attached to an aromatic ring is 1. The Morgan fingerprint density at radius 1 is 1.19 bits per heavy atom. The van der Waals surface area contributed by atoms with Crippen molar-refractivity contribution in [3.63, 3.8) is 0 Å². The molecule has 4 rings (SSSR count). The molecule has 103 valence electrons. The second-order valence-electron chi connectivity index (χ2n) is 4.64. The molecule has 0 amide bonds. The summed E-state index contributed by atoms with van der Waals surface area (Å²) in [5, 5.41) is 5.32. The molecule has 4 heterocycles. The first kappa shape index (κ1) is 11.8. The molecule has 4 aromatic rings. The number of hydrogen-bond acceptors (Lipinski definition) is 5. The van der Waals surface area contributed by atoms with Gasteiger partial charge < -0.3 is 10.1 Å². The Labute approximate surface area is 120 Å². The first-order valence-electron chi connectivity index (χ1n) is 6.47. The van der Waals surface area contributed by atoms with Crippen LogP contribution < -0.4 is 5.73 Å². The third-order valence-electron chi connectivity index (χ3n) is 3.43. The van der Waals surface area contributed by atoms with Crippen LogP contribution in [0.5, 0.6) is 0 Å². The molecule has 0 atom stereocenters. The van der Waals surface area contributed by atoms with Crippen LogP contribution in [0.25, 0.3) is 27.9 Å². The molecular formula is C14H12N7. The molecular weight excluding hydrogens is 266 g/mol. The molecule has 0 bridgehead atoms. The molecule has 7 nitrogen and oxygen atoms in total. The van der Waals surface area contributed by atoms with Gasteiger partial charge >= 0.3 is 0 Å². The Kier molecular flexibility index (Phi) is 2.41.